The van der Waals surface area contributed by atoms with E-state index < -0.39 is 5.60 Å². The highest BCUT2D eigenvalue weighted by atomic mass is 16.6. The van der Waals surface area contributed by atoms with Crippen LogP contribution >= 0.6 is 0 Å². The number of aromatic nitrogens is 3. The third-order valence-corrected chi connectivity index (χ3v) is 4.86. The third kappa shape index (κ3) is 4.49. The van der Waals surface area contributed by atoms with Crippen LogP contribution in [0.4, 0.5) is 4.79 Å². The second-order valence-electron chi connectivity index (χ2n) is 8.26. The van der Waals surface area contributed by atoms with Gasteiger partial charge in [-0.25, -0.2) is 14.5 Å². The first-order valence-electron chi connectivity index (χ1n) is 9.87. The van der Waals surface area contributed by atoms with Crippen molar-refractivity contribution < 1.29 is 9.53 Å². The van der Waals surface area contributed by atoms with E-state index >= 15 is 0 Å². The van der Waals surface area contributed by atoms with Crippen molar-refractivity contribution in [2.45, 2.75) is 39.0 Å². The van der Waals surface area contributed by atoms with Gasteiger partial charge in [-0.1, -0.05) is 0 Å². The highest BCUT2D eigenvalue weighted by Gasteiger charge is 2.36. The van der Waals surface area contributed by atoms with Crippen molar-refractivity contribution in [3.63, 3.8) is 0 Å². The Labute approximate surface area is 170 Å². The van der Waals surface area contributed by atoms with Crippen molar-refractivity contribution in [1.29, 1.82) is 0 Å². The van der Waals surface area contributed by atoms with Crippen LogP contribution < -0.4 is 5.32 Å². The molecule has 1 amide bonds. The van der Waals surface area contributed by atoms with E-state index in [1.165, 1.54) is 0 Å². The van der Waals surface area contributed by atoms with Gasteiger partial charge < -0.3 is 19.9 Å². The number of hydrogen-bond acceptors (Lipinski definition) is 7. The topological polar surface area (TPSA) is 87.9 Å². The molecule has 0 saturated carbocycles. The van der Waals surface area contributed by atoms with Crippen molar-refractivity contribution in [3.05, 3.63) is 42.4 Å². The molecule has 0 bridgehead atoms. The number of piperazine rings is 1. The molecular weight excluding hydrogens is 370 g/mol. The fourth-order valence-electron chi connectivity index (χ4n) is 3.50. The summed E-state index contributed by atoms with van der Waals surface area (Å²) in [5.41, 5.74) is 0.621. The van der Waals surface area contributed by atoms with Gasteiger partial charge in [-0.15, -0.1) is 0 Å². The molecule has 0 radical (unpaired) electrons. The van der Waals surface area contributed by atoms with Gasteiger partial charge in [0.2, 0.25) is 0 Å². The van der Waals surface area contributed by atoms with Gasteiger partial charge in [-0.3, -0.25) is 4.99 Å². The summed E-state index contributed by atoms with van der Waals surface area (Å²) in [6.07, 6.45) is 5.14. The molecule has 9 nitrogen and oxygen atoms in total. The number of nitrogens with zero attached hydrogens (tertiary/aromatic N) is 6. The Morgan fingerprint density at radius 1 is 1.31 bits per heavy atom. The van der Waals surface area contributed by atoms with Gasteiger partial charge in [0.05, 0.1) is 12.6 Å². The van der Waals surface area contributed by atoms with Crippen molar-refractivity contribution >= 4 is 12.1 Å². The Bertz CT molecular complexity index is 888. The molecular formula is C20H27N7O2. The summed E-state index contributed by atoms with van der Waals surface area (Å²) in [6, 6.07) is 6.05. The molecule has 1 atom stereocenters. The van der Waals surface area contributed by atoms with Gasteiger partial charge in [0.1, 0.15) is 5.60 Å². The summed E-state index contributed by atoms with van der Waals surface area (Å²) in [4.78, 5) is 25.4. The van der Waals surface area contributed by atoms with E-state index in [-0.39, 0.29) is 12.1 Å². The summed E-state index contributed by atoms with van der Waals surface area (Å²) in [6.45, 7) is 8.99. The molecule has 0 spiro atoms. The summed E-state index contributed by atoms with van der Waals surface area (Å²) in [7, 11) is 0. The normalized spacial score (nSPS) is 19.0. The lowest BCUT2D eigenvalue weighted by Gasteiger charge is -2.39. The Kier molecular flexibility index (Phi) is 5.12. The van der Waals surface area contributed by atoms with Crippen LogP contribution in [0, 0.1) is 0 Å². The molecule has 1 fully saturated rings. The van der Waals surface area contributed by atoms with Gasteiger partial charge in [0.15, 0.2) is 11.8 Å². The number of fused-ring (bicyclic) bond motifs is 1. The van der Waals surface area contributed by atoms with Crippen molar-refractivity contribution in [1.82, 2.24) is 29.9 Å². The zero-order valence-corrected chi connectivity index (χ0v) is 17.1. The lowest BCUT2D eigenvalue weighted by Crippen LogP contribution is -2.57. The Morgan fingerprint density at radius 3 is 2.93 bits per heavy atom. The molecule has 154 valence electrons. The van der Waals surface area contributed by atoms with Crippen LogP contribution in [-0.4, -0.2) is 74.4 Å². The molecule has 2 aromatic rings. The zero-order chi connectivity index (χ0) is 20.4. The van der Waals surface area contributed by atoms with E-state index in [0.29, 0.717) is 26.2 Å². The predicted octanol–water partition coefficient (Wildman–Crippen LogP) is 1.65. The second-order valence-corrected chi connectivity index (χ2v) is 8.26. The highest BCUT2D eigenvalue weighted by Crippen LogP contribution is 2.19. The number of pyridine rings is 1. The van der Waals surface area contributed by atoms with E-state index in [0.717, 1.165) is 23.9 Å². The smallest absolute Gasteiger partial charge is 0.410 e. The third-order valence-electron chi connectivity index (χ3n) is 4.86. The second kappa shape index (κ2) is 7.73. The lowest BCUT2D eigenvalue weighted by atomic mass is 10.2. The molecule has 2 aliphatic rings. The van der Waals surface area contributed by atoms with Gasteiger partial charge in [0, 0.05) is 44.8 Å². The number of rotatable bonds is 3. The first-order valence-corrected chi connectivity index (χ1v) is 9.87. The van der Waals surface area contributed by atoms with Crippen LogP contribution in [0.25, 0.3) is 5.82 Å². The summed E-state index contributed by atoms with van der Waals surface area (Å²) >= 11 is 0. The maximum atomic E-state index is 12.3. The monoisotopic (exact) mass is 397 g/mol. The Hall–Kier alpha value is -3.10. The highest BCUT2D eigenvalue weighted by molar-refractivity contribution is 5.82. The Morgan fingerprint density at radius 2 is 2.17 bits per heavy atom. The molecule has 0 aromatic carbocycles. The standard InChI is InChI=1S/C20H27N7O2/c1-20(2,3)29-19(28)25-9-10-26-16(14-25)13-23-18(26)22-12-15-5-7-21-17(11-15)27-8-4-6-24-27/h4-8,11,16H,9-10,12-14H2,1-3H3,(H,22,23). The summed E-state index contributed by atoms with van der Waals surface area (Å²) in [5.74, 6) is 1.67. The quantitative estimate of drug-likeness (QED) is 0.847. The van der Waals surface area contributed by atoms with E-state index in [4.69, 9.17) is 4.74 Å². The van der Waals surface area contributed by atoms with Crippen LogP contribution in [0.2, 0.25) is 0 Å². The first kappa shape index (κ1) is 19.2. The molecule has 0 aliphatic carbocycles. The number of nitrogens with one attached hydrogen (secondary N) is 1. The number of hydrogen-bond donors (Lipinski definition) is 1. The lowest BCUT2D eigenvalue weighted by molar-refractivity contribution is 0.0137. The largest absolute Gasteiger partial charge is 0.444 e. The van der Waals surface area contributed by atoms with E-state index in [2.05, 4.69) is 25.3 Å². The van der Waals surface area contributed by atoms with Crippen LogP contribution in [-0.2, 0) is 11.3 Å². The van der Waals surface area contributed by atoms with Crippen LogP contribution in [0.1, 0.15) is 26.3 Å². The van der Waals surface area contributed by atoms with Gasteiger partial charge >= 0.3 is 6.09 Å². The van der Waals surface area contributed by atoms with E-state index in [9.17, 15) is 4.79 Å². The first-order chi connectivity index (χ1) is 13.9. The molecule has 1 N–H and O–H groups in total. The number of ether oxygens (including phenoxy) is 1. The summed E-state index contributed by atoms with van der Waals surface area (Å²) in [5, 5.41) is 7.66. The molecule has 1 unspecified atom stereocenters. The minimum absolute atomic E-state index is 0.191. The van der Waals surface area contributed by atoms with Gasteiger partial charge in [-0.2, -0.15) is 5.10 Å². The van der Waals surface area contributed by atoms with Gasteiger partial charge in [0.25, 0.3) is 0 Å². The molecule has 29 heavy (non-hydrogen) atoms. The molecule has 4 rings (SSSR count). The average Bonchev–Trinajstić information content (AvgIpc) is 3.35. The van der Waals surface area contributed by atoms with Gasteiger partial charge in [-0.05, 0) is 44.5 Å². The zero-order valence-electron chi connectivity index (χ0n) is 17.1. The number of carbonyl (C=O) groups excluding carboxylic acids is 1. The number of guanidine groups is 1. The summed E-state index contributed by atoms with van der Waals surface area (Å²) < 4.78 is 7.24. The minimum Gasteiger partial charge on any atom is -0.444 e. The molecule has 1 saturated heterocycles. The van der Waals surface area contributed by atoms with Crippen molar-refractivity contribution in [3.8, 4) is 5.82 Å². The number of carbonyl (C=O) groups is 1. The minimum atomic E-state index is -0.479. The fourth-order valence-corrected chi connectivity index (χ4v) is 3.50. The predicted molar refractivity (Wildman–Crippen MR) is 109 cm³/mol. The Balaban J connectivity index is 1.32. The fraction of sp³-hybridized carbons (Fsp3) is 0.500. The van der Waals surface area contributed by atoms with Crippen molar-refractivity contribution in [2.75, 3.05) is 26.2 Å². The van der Waals surface area contributed by atoms with E-state index in [1.807, 2.05) is 45.2 Å². The maximum absolute atomic E-state index is 12.3. The molecule has 2 aliphatic heterocycles. The van der Waals surface area contributed by atoms with Crippen molar-refractivity contribution in [2.24, 2.45) is 4.99 Å². The number of amides is 1. The molecule has 4 heterocycles. The average molecular weight is 397 g/mol. The SMILES string of the molecule is CC(C)(C)OC(=O)N1CCN2C(NCc3ccnc(-n4cccn4)c3)=NCC2C1. The van der Waals surface area contributed by atoms with Crippen LogP contribution in [0.3, 0.4) is 0 Å². The van der Waals surface area contributed by atoms with E-state index in [1.54, 1.807) is 22.0 Å². The number of aliphatic imine (C=N–C) groups is 1. The van der Waals surface area contributed by atoms with Crippen LogP contribution in [0.5, 0.6) is 0 Å². The maximum Gasteiger partial charge on any atom is 0.410 e. The molecule has 9 heteroatoms. The van der Waals surface area contributed by atoms with Crippen LogP contribution in [0.15, 0.2) is 41.8 Å². The molecule has 2 aromatic heterocycles.